The smallest absolute Gasteiger partial charge is 0.0991 e. The topological polar surface area (TPSA) is 27.0 Å². The number of hydrogen-bond acceptors (Lipinski definition) is 2. The van der Waals surface area contributed by atoms with E-state index in [1.165, 1.54) is 38.0 Å². The van der Waals surface area contributed by atoms with Gasteiger partial charge in [-0.05, 0) is 55.5 Å². The van der Waals surface area contributed by atoms with Gasteiger partial charge in [-0.1, -0.05) is 12.1 Å². The van der Waals surface area contributed by atoms with Crippen LogP contribution in [0, 0.1) is 17.2 Å². The zero-order chi connectivity index (χ0) is 11.0. The fourth-order valence-electron chi connectivity index (χ4n) is 3.15. The van der Waals surface area contributed by atoms with Gasteiger partial charge in [-0.15, -0.1) is 0 Å². The van der Waals surface area contributed by atoms with Crippen molar-refractivity contribution >= 4 is 0 Å². The third-order valence-electron chi connectivity index (χ3n) is 4.12. The maximum absolute atomic E-state index is 8.79. The average Bonchev–Trinajstić information content (AvgIpc) is 2.40. The van der Waals surface area contributed by atoms with Crippen LogP contribution in [0.1, 0.15) is 29.9 Å². The van der Waals surface area contributed by atoms with Gasteiger partial charge < -0.3 is 4.90 Å². The third-order valence-corrected chi connectivity index (χ3v) is 4.12. The SMILES string of the molecule is N#Cc1ccc(C2CN3CCC2CC3)cc1. The van der Waals surface area contributed by atoms with E-state index in [4.69, 9.17) is 5.26 Å². The van der Waals surface area contributed by atoms with E-state index in [2.05, 4.69) is 23.1 Å². The van der Waals surface area contributed by atoms with Crippen molar-refractivity contribution in [2.45, 2.75) is 18.8 Å². The normalized spacial score (nSPS) is 32.3. The fraction of sp³-hybridized carbons (Fsp3) is 0.500. The van der Waals surface area contributed by atoms with Gasteiger partial charge in [-0.25, -0.2) is 0 Å². The molecular weight excluding hydrogens is 196 g/mol. The van der Waals surface area contributed by atoms with Gasteiger partial charge in [0, 0.05) is 6.54 Å². The van der Waals surface area contributed by atoms with E-state index in [0.717, 1.165) is 11.5 Å². The summed E-state index contributed by atoms with van der Waals surface area (Å²) in [4.78, 5) is 2.57. The number of benzene rings is 1. The Bertz CT molecular complexity index is 407. The molecule has 0 amide bonds. The van der Waals surface area contributed by atoms with Gasteiger partial charge >= 0.3 is 0 Å². The van der Waals surface area contributed by atoms with Crippen LogP contribution in [-0.4, -0.2) is 24.5 Å². The lowest BCUT2D eigenvalue weighted by Crippen LogP contribution is -2.46. The number of hydrogen-bond donors (Lipinski definition) is 0. The van der Waals surface area contributed by atoms with Gasteiger partial charge in [-0.2, -0.15) is 5.26 Å². The lowest BCUT2D eigenvalue weighted by Gasteiger charge is -2.45. The minimum atomic E-state index is 0.704. The monoisotopic (exact) mass is 212 g/mol. The van der Waals surface area contributed by atoms with Crippen LogP contribution in [0.5, 0.6) is 0 Å². The summed E-state index contributed by atoms with van der Waals surface area (Å²) in [6.45, 7) is 3.80. The molecule has 3 heterocycles. The van der Waals surface area contributed by atoms with Crippen molar-refractivity contribution in [2.75, 3.05) is 19.6 Å². The highest BCUT2D eigenvalue weighted by molar-refractivity contribution is 5.33. The molecule has 1 aromatic rings. The predicted molar refractivity (Wildman–Crippen MR) is 63.1 cm³/mol. The quantitative estimate of drug-likeness (QED) is 0.714. The molecule has 4 rings (SSSR count). The summed E-state index contributed by atoms with van der Waals surface area (Å²) >= 11 is 0. The maximum atomic E-state index is 8.79. The molecule has 82 valence electrons. The molecule has 1 atom stereocenters. The Morgan fingerprint density at radius 1 is 1.12 bits per heavy atom. The first-order chi connectivity index (χ1) is 7.86. The molecular formula is C14H16N2. The fourth-order valence-corrected chi connectivity index (χ4v) is 3.15. The van der Waals surface area contributed by atoms with Gasteiger partial charge in [0.15, 0.2) is 0 Å². The molecule has 0 aliphatic carbocycles. The molecule has 2 bridgehead atoms. The first kappa shape index (κ1) is 9.86. The number of nitrogens with zero attached hydrogens (tertiary/aromatic N) is 2. The van der Waals surface area contributed by atoms with Crippen molar-refractivity contribution < 1.29 is 0 Å². The van der Waals surface area contributed by atoms with E-state index >= 15 is 0 Å². The Morgan fingerprint density at radius 3 is 2.31 bits per heavy atom. The molecule has 2 nitrogen and oxygen atoms in total. The van der Waals surface area contributed by atoms with E-state index in [0.29, 0.717) is 5.92 Å². The van der Waals surface area contributed by atoms with E-state index in [1.54, 1.807) is 0 Å². The lowest BCUT2D eigenvalue weighted by atomic mass is 9.75. The highest BCUT2D eigenvalue weighted by Crippen LogP contribution is 2.38. The Hall–Kier alpha value is -1.33. The van der Waals surface area contributed by atoms with Gasteiger partial charge in [0.05, 0.1) is 11.6 Å². The summed E-state index contributed by atoms with van der Waals surface area (Å²) < 4.78 is 0. The predicted octanol–water partition coefficient (Wildman–Crippen LogP) is 2.37. The average molecular weight is 212 g/mol. The minimum absolute atomic E-state index is 0.704. The molecule has 3 fully saturated rings. The van der Waals surface area contributed by atoms with Crippen molar-refractivity contribution in [3.05, 3.63) is 35.4 Å². The second-order valence-electron chi connectivity index (χ2n) is 4.98. The standard InChI is InChI=1S/C14H16N2/c15-9-11-1-3-12(4-2-11)14-10-16-7-5-13(14)6-8-16/h1-4,13-14H,5-8,10H2. The van der Waals surface area contributed by atoms with Crippen molar-refractivity contribution in [1.82, 2.24) is 4.90 Å². The number of nitriles is 1. The van der Waals surface area contributed by atoms with E-state index in [-0.39, 0.29) is 0 Å². The zero-order valence-electron chi connectivity index (χ0n) is 9.39. The molecule has 3 aliphatic rings. The molecule has 3 saturated heterocycles. The van der Waals surface area contributed by atoms with Crippen molar-refractivity contribution in [2.24, 2.45) is 5.92 Å². The zero-order valence-corrected chi connectivity index (χ0v) is 9.39. The molecule has 0 radical (unpaired) electrons. The first-order valence-corrected chi connectivity index (χ1v) is 6.09. The summed E-state index contributed by atoms with van der Waals surface area (Å²) in [6.07, 6.45) is 2.70. The summed E-state index contributed by atoms with van der Waals surface area (Å²) in [7, 11) is 0. The van der Waals surface area contributed by atoms with Crippen LogP contribution in [0.15, 0.2) is 24.3 Å². The number of fused-ring (bicyclic) bond motifs is 3. The van der Waals surface area contributed by atoms with Crippen molar-refractivity contribution in [1.29, 1.82) is 5.26 Å². The first-order valence-electron chi connectivity index (χ1n) is 6.09. The maximum Gasteiger partial charge on any atom is 0.0991 e. The molecule has 3 aliphatic heterocycles. The Kier molecular flexibility index (Phi) is 2.41. The van der Waals surface area contributed by atoms with Crippen LogP contribution in [-0.2, 0) is 0 Å². The summed E-state index contributed by atoms with van der Waals surface area (Å²) in [5.74, 6) is 1.58. The number of piperidine rings is 3. The highest BCUT2D eigenvalue weighted by Gasteiger charge is 2.34. The summed E-state index contributed by atoms with van der Waals surface area (Å²) in [5.41, 5.74) is 2.19. The largest absolute Gasteiger partial charge is 0.303 e. The van der Waals surface area contributed by atoms with E-state index < -0.39 is 0 Å². The molecule has 2 heteroatoms. The molecule has 0 N–H and O–H groups in total. The summed E-state index contributed by atoms with van der Waals surface area (Å²) in [5, 5.41) is 8.79. The van der Waals surface area contributed by atoms with Crippen molar-refractivity contribution in [3.8, 4) is 6.07 Å². The highest BCUT2D eigenvalue weighted by atomic mass is 15.1. The lowest BCUT2D eigenvalue weighted by molar-refractivity contribution is 0.0871. The van der Waals surface area contributed by atoms with Gasteiger partial charge in [0.1, 0.15) is 0 Å². The Labute approximate surface area is 96.5 Å². The number of rotatable bonds is 1. The summed E-state index contributed by atoms with van der Waals surface area (Å²) in [6, 6.07) is 10.4. The minimum Gasteiger partial charge on any atom is -0.303 e. The van der Waals surface area contributed by atoms with Gasteiger partial charge in [0.25, 0.3) is 0 Å². The van der Waals surface area contributed by atoms with Crippen molar-refractivity contribution in [3.63, 3.8) is 0 Å². The van der Waals surface area contributed by atoms with E-state index in [1.807, 2.05) is 12.1 Å². The van der Waals surface area contributed by atoms with Crippen LogP contribution in [0.2, 0.25) is 0 Å². The second-order valence-corrected chi connectivity index (χ2v) is 4.98. The second kappa shape index (κ2) is 3.92. The van der Waals surface area contributed by atoms with E-state index in [9.17, 15) is 0 Å². The van der Waals surface area contributed by atoms with Gasteiger partial charge in [-0.3, -0.25) is 0 Å². The van der Waals surface area contributed by atoms with Crippen LogP contribution in [0.4, 0.5) is 0 Å². The van der Waals surface area contributed by atoms with Crippen LogP contribution in [0.25, 0.3) is 0 Å². The van der Waals surface area contributed by atoms with Crippen LogP contribution < -0.4 is 0 Å². The van der Waals surface area contributed by atoms with Gasteiger partial charge in [0.2, 0.25) is 0 Å². The molecule has 1 aromatic carbocycles. The Morgan fingerprint density at radius 2 is 1.81 bits per heavy atom. The molecule has 0 aromatic heterocycles. The van der Waals surface area contributed by atoms with Crippen LogP contribution in [0.3, 0.4) is 0 Å². The van der Waals surface area contributed by atoms with Crippen LogP contribution >= 0.6 is 0 Å². The Balaban J connectivity index is 1.84. The molecule has 16 heavy (non-hydrogen) atoms. The molecule has 1 unspecified atom stereocenters. The molecule has 0 saturated carbocycles. The molecule has 0 spiro atoms. The third kappa shape index (κ3) is 1.62.